The molecule has 0 aromatic rings. The molecular formula is C9H19ClN2O2S. The van der Waals surface area contributed by atoms with Crippen molar-refractivity contribution in [3.05, 3.63) is 0 Å². The van der Waals surface area contributed by atoms with Crippen LogP contribution in [0.3, 0.4) is 0 Å². The molecule has 90 valence electrons. The van der Waals surface area contributed by atoms with E-state index in [2.05, 4.69) is 0 Å². The zero-order valence-electron chi connectivity index (χ0n) is 9.14. The molecule has 1 saturated heterocycles. The molecule has 1 aliphatic heterocycles. The van der Waals surface area contributed by atoms with Crippen LogP contribution in [-0.2, 0) is 9.53 Å². The van der Waals surface area contributed by atoms with Gasteiger partial charge in [0.2, 0.25) is 0 Å². The molecule has 1 heterocycles. The van der Waals surface area contributed by atoms with E-state index in [0.717, 1.165) is 17.9 Å². The van der Waals surface area contributed by atoms with E-state index in [1.807, 2.05) is 18.8 Å². The molecule has 0 spiro atoms. The number of halogens is 1. The Hall–Kier alpha value is 0.0300. The third kappa shape index (κ3) is 3.83. The Morgan fingerprint density at radius 1 is 1.73 bits per heavy atom. The molecule has 15 heavy (non-hydrogen) atoms. The van der Waals surface area contributed by atoms with Crippen LogP contribution in [0.25, 0.3) is 0 Å². The minimum absolute atomic E-state index is 0. The van der Waals surface area contributed by atoms with Gasteiger partial charge in [-0.05, 0) is 12.2 Å². The summed E-state index contributed by atoms with van der Waals surface area (Å²) in [5, 5.41) is 0. The Morgan fingerprint density at radius 3 is 2.80 bits per heavy atom. The molecule has 0 aromatic heterocycles. The van der Waals surface area contributed by atoms with Gasteiger partial charge in [-0.15, -0.1) is 12.4 Å². The van der Waals surface area contributed by atoms with Crippen molar-refractivity contribution in [2.45, 2.75) is 18.6 Å². The number of likely N-dealkylation sites (N-methyl/N-ethyl adjacent to an activating group) is 1. The molecule has 1 aliphatic rings. The largest absolute Gasteiger partial charge is 0.370 e. The number of ether oxygens (including phenoxy) is 1. The monoisotopic (exact) mass is 254 g/mol. The van der Waals surface area contributed by atoms with Crippen LogP contribution in [-0.4, -0.2) is 55.2 Å². The van der Waals surface area contributed by atoms with Crippen molar-refractivity contribution in [3.8, 4) is 0 Å². The lowest BCUT2D eigenvalue weighted by atomic mass is 10.2. The Kier molecular flexibility index (Phi) is 7.34. The van der Waals surface area contributed by atoms with Crippen molar-refractivity contribution in [2.75, 3.05) is 32.2 Å². The molecule has 6 heteroatoms. The highest BCUT2D eigenvalue weighted by molar-refractivity contribution is 7.99. The summed E-state index contributed by atoms with van der Waals surface area (Å²) in [6, 6.07) is 0.358. The first-order valence-electron chi connectivity index (χ1n) is 4.78. The molecule has 1 amide bonds. The van der Waals surface area contributed by atoms with E-state index in [0.29, 0.717) is 6.04 Å². The number of nitrogens with zero attached hydrogens (tertiary/aromatic N) is 1. The van der Waals surface area contributed by atoms with Crippen molar-refractivity contribution < 1.29 is 9.53 Å². The van der Waals surface area contributed by atoms with Crippen LogP contribution < -0.4 is 5.73 Å². The Balaban J connectivity index is 0.00000196. The van der Waals surface area contributed by atoms with E-state index >= 15 is 0 Å². The first kappa shape index (κ1) is 15.0. The second-order valence-electron chi connectivity index (χ2n) is 3.43. The highest BCUT2D eigenvalue weighted by Gasteiger charge is 2.28. The third-order valence-electron chi connectivity index (χ3n) is 2.58. The van der Waals surface area contributed by atoms with Crippen molar-refractivity contribution in [3.63, 3.8) is 0 Å². The van der Waals surface area contributed by atoms with Crippen LogP contribution in [0.15, 0.2) is 0 Å². The summed E-state index contributed by atoms with van der Waals surface area (Å²) >= 11 is 1.89. The van der Waals surface area contributed by atoms with Crippen molar-refractivity contribution in [2.24, 2.45) is 5.73 Å². The van der Waals surface area contributed by atoms with Gasteiger partial charge in [-0.25, -0.2) is 0 Å². The number of hydrogen-bond acceptors (Lipinski definition) is 4. The number of rotatable bonds is 4. The van der Waals surface area contributed by atoms with Gasteiger partial charge >= 0.3 is 0 Å². The quantitative estimate of drug-likeness (QED) is 0.787. The first-order valence-corrected chi connectivity index (χ1v) is 5.93. The molecule has 0 saturated carbocycles. The van der Waals surface area contributed by atoms with Gasteiger partial charge in [0.15, 0.2) is 0 Å². The van der Waals surface area contributed by atoms with Gasteiger partial charge < -0.3 is 15.4 Å². The number of hydrogen-bond donors (Lipinski definition) is 1. The number of amides is 1. The minimum Gasteiger partial charge on any atom is -0.370 e. The van der Waals surface area contributed by atoms with E-state index in [-0.39, 0.29) is 24.9 Å². The second-order valence-corrected chi connectivity index (χ2v) is 4.58. The summed E-state index contributed by atoms with van der Waals surface area (Å²) in [6.07, 6.45) is 0.596. The lowest BCUT2D eigenvalue weighted by Crippen LogP contribution is -2.46. The van der Waals surface area contributed by atoms with Gasteiger partial charge in [0.25, 0.3) is 5.91 Å². The van der Waals surface area contributed by atoms with Crippen molar-refractivity contribution >= 4 is 30.1 Å². The summed E-state index contributed by atoms with van der Waals surface area (Å²) in [7, 11) is 3.35. The summed E-state index contributed by atoms with van der Waals surface area (Å²) in [6.45, 7) is 0.250. The normalized spacial score (nSPS) is 21.9. The fourth-order valence-electron chi connectivity index (χ4n) is 1.53. The van der Waals surface area contributed by atoms with Crippen molar-refractivity contribution in [1.29, 1.82) is 0 Å². The molecule has 1 fully saturated rings. The van der Waals surface area contributed by atoms with Crippen LogP contribution in [0.5, 0.6) is 0 Å². The van der Waals surface area contributed by atoms with Gasteiger partial charge in [-0.3, -0.25) is 4.79 Å². The van der Waals surface area contributed by atoms with Gasteiger partial charge in [0.05, 0.1) is 0 Å². The molecule has 2 unspecified atom stereocenters. The SMILES string of the molecule is COC(CN)C(=O)N(C)C1CCSC1.Cl. The topological polar surface area (TPSA) is 55.6 Å². The van der Waals surface area contributed by atoms with Gasteiger partial charge in [-0.1, -0.05) is 0 Å². The van der Waals surface area contributed by atoms with Gasteiger partial charge in [0, 0.05) is 32.5 Å². The smallest absolute Gasteiger partial charge is 0.253 e. The van der Waals surface area contributed by atoms with E-state index < -0.39 is 6.10 Å². The highest BCUT2D eigenvalue weighted by atomic mass is 35.5. The second kappa shape index (κ2) is 7.33. The predicted molar refractivity (Wildman–Crippen MR) is 65.6 cm³/mol. The van der Waals surface area contributed by atoms with Gasteiger partial charge in [-0.2, -0.15) is 11.8 Å². The highest BCUT2D eigenvalue weighted by Crippen LogP contribution is 2.21. The van der Waals surface area contributed by atoms with Crippen LogP contribution in [0.1, 0.15) is 6.42 Å². The Morgan fingerprint density at radius 2 is 2.40 bits per heavy atom. The maximum absolute atomic E-state index is 11.8. The maximum atomic E-state index is 11.8. The summed E-state index contributed by atoms with van der Waals surface area (Å²) < 4.78 is 5.02. The summed E-state index contributed by atoms with van der Waals surface area (Å²) in [5.41, 5.74) is 5.44. The average Bonchev–Trinajstić information content (AvgIpc) is 2.71. The van der Waals surface area contributed by atoms with E-state index in [4.69, 9.17) is 10.5 Å². The van der Waals surface area contributed by atoms with Crippen LogP contribution in [0.2, 0.25) is 0 Å². The molecular weight excluding hydrogens is 236 g/mol. The zero-order valence-corrected chi connectivity index (χ0v) is 10.8. The summed E-state index contributed by atoms with van der Waals surface area (Å²) in [4.78, 5) is 13.6. The lowest BCUT2D eigenvalue weighted by Gasteiger charge is -2.27. The fourth-order valence-corrected chi connectivity index (χ4v) is 2.80. The number of carbonyl (C=O) groups is 1. The Bertz CT molecular complexity index is 197. The lowest BCUT2D eigenvalue weighted by molar-refractivity contribution is -0.141. The van der Waals surface area contributed by atoms with Crippen LogP contribution >= 0.6 is 24.2 Å². The molecule has 1 rings (SSSR count). The van der Waals surface area contributed by atoms with Crippen LogP contribution in [0.4, 0.5) is 0 Å². The molecule has 2 N–H and O–H groups in total. The molecule has 2 atom stereocenters. The van der Waals surface area contributed by atoms with E-state index in [1.165, 1.54) is 7.11 Å². The number of carbonyl (C=O) groups excluding carboxylic acids is 1. The van der Waals surface area contributed by atoms with Crippen molar-refractivity contribution in [1.82, 2.24) is 4.90 Å². The molecule has 0 bridgehead atoms. The van der Waals surface area contributed by atoms with E-state index in [1.54, 1.807) is 4.90 Å². The van der Waals surface area contributed by atoms with Crippen LogP contribution in [0, 0.1) is 0 Å². The zero-order chi connectivity index (χ0) is 10.6. The standard InChI is InChI=1S/C9H18N2O2S.ClH/c1-11(7-3-4-14-6-7)9(12)8(5-10)13-2;/h7-8H,3-6,10H2,1-2H3;1H. The van der Waals surface area contributed by atoms with Gasteiger partial charge in [0.1, 0.15) is 6.10 Å². The average molecular weight is 255 g/mol. The molecule has 0 aromatic carbocycles. The third-order valence-corrected chi connectivity index (χ3v) is 3.72. The molecule has 4 nitrogen and oxygen atoms in total. The molecule has 0 radical (unpaired) electrons. The number of thioether (sulfide) groups is 1. The fraction of sp³-hybridized carbons (Fsp3) is 0.889. The molecule has 0 aliphatic carbocycles. The Labute approximate surface area is 101 Å². The number of methoxy groups -OCH3 is 1. The maximum Gasteiger partial charge on any atom is 0.253 e. The first-order chi connectivity index (χ1) is 6.70. The number of nitrogens with two attached hydrogens (primary N) is 1. The minimum atomic E-state index is -0.481. The predicted octanol–water partition coefficient (Wildman–Crippen LogP) is 0.346. The summed E-state index contributed by atoms with van der Waals surface area (Å²) in [5.74, 6) is 2.17. The van der Waals surface area contributed by atoms with E-state index in [9.17, 15) is 4.79 Å².